The Labute approximate surface area is 147 Å². The van der Waals surface area contributed by atoms with E-state index in [1.165, 1.54) is 11.8 Å². The van der Waals surface area contributed by atoms with Gasteiger partial charge in [-0.25, -0.2) is 4.79 Å². The quantitative estimate of drug-likeness (QED) is 0.672. The number of hydrogen-bond donors (Lipinski definition) is 3. The van der Waals surface area contributed by atoms with Gasteiger partial charge in [0, 0.05) is 11.4 Å². The molecule has 0 radical (unpaired) electrons. The summed E-state index contributed by atoms with van der Waals surface area (Å²) in [5.41, 5.74) is 0.599. The second-order valence-corrected chi connectivity index (χ2v) is 6.79. The number of rotatable bonds is 5. The number of halogens is 1. The summed E-state index contributed by atoms with van der Waals surface area (Å²) < 4.78 is 0. The molecule has 2 aliphatic rings. The Balaban J connectivity index is 1.59. The molecule has 2 aliphatic heterocycles. The number of β-lactam (4-membered cyclic amide) rings is 1. The van der Waals surface area contributed by atoms with Gasteiger partial charge >= 0.3 is 5.97 Å². The van der Waals surface area contributed by atoms with Gasteiger partial charge in [-0.15, -0.1) is 11.8 Å². The van der Waals surface area contributed by atoms with Gasteiger partial charge < -0.3 is 15.7 Å². The lowest BCUT2D eigenvalue weighted by Gasteiger charge is -2.48. The zero-order valence-electron chi connectivity index (χ0n) is 12.4. The third kappa shape index (κ3) is 3.07. The molecule has 2 amide bonds. The zero-order valence-corrected chi connectivity index (χ0v) is 13.9. The third-order valence-corrected chi connectivity index (χ3v) is 5.42. The molecule has 1 fully saturated rings. The van der Waals surface area contributed by atoms with E-state index >= 15 is 0 Å². The number of thioether (sulfide) groups is 1. The van der Waals surface area contributed by atoms with Crippen molar-refractivity contribution < 1.29 is 19.5 Å². The van der Waals surface area contributed by atoms with Crippen LogP contribution < -0.4 is 10.6 Å². The first-order chi connectivity index (χ1) is 11.5. The molecule has 0 aromatic heterocycles. The van der Waals surface area contributed by atoms with Gasteiger partial charge in [-0.05, 0) is 12.1 Å². The van der Waals surface area contributed by atoms with Crippen molar-refractivity contribution in [2.75, 3.05) is 17.6 Å². The number of fused-ring (bicyclic) bond motifs is 1. The standard InChI is InChI=1S/C15H14ClN3O4S/c16-9-7-24-14-11(13(21)19(14)12(9)15(22)23)18-10(20)6-17-8-4-2-1-3-5-8/h1-5,11,14,17H,6-7H2,(H,18,20)(H,22,23)/t11-,14-/m0/s1. The van der Waals surface area contributed by atoms with Crippen molar-refractivity contribution in [3.8, 4) is 0 Å². The lowest BCUT2D eigenvalue weighted by Crippen LogP contribution is -2.70. The largest absolute Gasteiger partial charge is 0.477 e. The maximum atomic E-state index is 12.2. The molecule has 0 bridgehead atoms. The molecule has 1 aromatic rings. The number of carboxylic acid groups (broad SMARTS) is 1. The van der Waals surface area contributed by atoms with Crippen LogP contribution in [-0.2, 0) is 14.4 Å². The number of amides is 2. The first kappa shape index (κ1) is 16.7. The summed E-state index contributed by atoms with van der Waals surface area (Å²) in [6.07, 6.45) is 0. The van der Waals surface area contributed by atoms with Crippen LogP contribution in [0.25, 0.3) is 0 Å². The number of benzene rings is 1. The van der Waals surface area contributed by atoms with Crippen LogP contribution in [-0.4, -0.2) is 51.5 Å². The van der Waals surface area contributed by atoms with E-state index in [0.29, 0.717) is 5.75 Å². The van der Waals surface area contributed by atoms with E-state index in [1.54, 1.807) is 0 Å². The maximum absolute atomic E-state index is 12.2. The Hall–Kier alpha value is -2.19. The minimum absolute atomic E-state index is 0.0214. The number of nitrogens with one attached hydrogen (secondary N) is 2. The van der Waals surface area contributed by atoms with Crippen molar-refractivity contribution in [3.63, 3.8) is 0 Å². The second kappa shape index (κ2) is 6.74. The molecule has 0 aliphatic carbocycles. The first-order valence-corrected chi connectivity index (χ1v) is 8.56. The van der Waals surface area contributed by atoms with Gasteiger partial charge in [0.05, 0.1) is 11.6 Å². The number of anilines is 1. The van der Waals surface area contributed by atoms with Crippen LogP contribution in [0, 0.1) is 0 Å². The van der Waals surface area contributed by atoms with Crippen LogP contribution >= 0.6 is 23.4 Å². The topological polar surface area (TPSA) is 98.7 Å². The monoisotopic (exact) mass is 367 g/mol. The number of carbonyl (C=O) groups is 3. The highest BCUT2D eigenvalue weighted by atomic mass is 35.5. The van der Waals surface area contributed by atoms with E-state index in [0.717, 1.165) is 10.6 Å². The summed E-state index contributed by atoms with van der Waals surface area (Å²) in [4.78, 5) is 36.6. The number of carboxylic acids is 1. The highest BCUT2D eigenvalue weighted by Gasteiger charge is 2.54. The van der Waals surface area contributed by atoms with Crippen LogP contribution in [0.3, 0.4) is 0 Å². The van der Waals surface area contributed by atoms with E-state index in [9.17, 15) is 19.5 Å². The van der Waals surface area contributed by atoms with Gasteiger partial charge in [-0.2, -0.15) is 0 Å². The van der Waals surface area contributed by atoms with Gasteiger partial charge in [0.15, 0.2) is 0 Å². The van der Waals surface area contributed by atoms with Gasteiger partial charge in [-0.3, -0.25) is 14.5 Å². The van der Waals surface area contributed by atoms with Crippen molar-refractivity contribution in [2.24, 2.45) is 0 Å². The Bertz CT molecular complexity index is 725. The van der Waals surface area contributed by atoms with E-state index in [2.05, 4.69) is 10.6 Å². The van der Waals surface area contributed by atoms with E-state index in [-0.39, 0.29) is 23.2 Å². The molecule has 9 heteroatoms. The summed E-state index contributed by atoms with van der Waals surface area (Å²) in [5.74, 6) is -1.74. The molecule has 0 saturated carbocycles. The van der Waals surface area contributed by atoms with Crippen LogP contribution in [0.1, 0.15) is 0 Å². The Kier molecular flexibility index (Phi) is 4.68. The number of para-hydroxylation sites is 1. The predicted octanol–water partition coefficient (Wildman–Crippen LogP) is 1.03. The number of nitrogens with zero attached hydrogens (tertiary/aromatic N) is 1. The third-order valence-electron chi connectivity index (χ3n) is 3.67. The van der Waals surface area contributed by atoms with E-state index in [1.807, 2.05) is 30.3 Å². The summed E-state index contributed by atoms with van der Waals surface area (Å²) in [5, 5.41) is 14.5. The lowest BCUT2D eigenvalue weighted by molar-refractivity contribution is -0.150. The molecule has 7 nitrogen and oxygen atoms in total. The molecular weight excluding hydrogens is 354 g/mol. The average molecular weight is 368 g/mol. The summed E-state index contributed by atoms with van der Waals surface area (Å²) in [7, 11) is 0. The minimum Gasteiger partial charge on any atom is -0.477 e. The normalized spacial score (nSPS) is 22.5. The van der Waals surface area contributed by atoms with Crippen LogP contribution in [0.15, 0.2) is 41.1 Å². The molecule has 2 heterocycles. The van der Waals surface area contributed by atoms with Crippen molar-refractivity contribution in [1.82, 2.24) is 10.2 Å². The molecule has 3 N–H and O–H groups in total. The molecule has 3 rings (SSSR count). The molecule has 1 aromatic carbocycles. The van der Waals surface area contributed by atoms with Crippen LogP contribution in [0.4, 0.5) is 5.69 Å². The Morgan fingerprint density at radius 2 is 2.04 bits per heavy atom. The molecule has 126 valence electrons. The van der Waals surface area contributed by atoms with Crippen LogP contribution in [0.2, 0.25) is 0 Å². The number of carbonyl (C=O) groups excluding carboxylic acids is 2. The fourth-order valence-electron chi connectivity index (χ4n) is 2.54. The average Bonchev–Trinajstić information content (AvgIpc) is 2.58. The van der Waals surface area contributed by atoms with Crippen LogP contribution in [0.5, 0.6) is 0 Å². The van der Waals surface area contributed by atoms with Gasteiger partial charge in [0.25, 0.3) is 5.91 Å². The molecular formula is C15H14ClN3O4S. The van der Waals surface area contributed by atoms with E-state index < -0.39 is 23.3 Å². The second-order valence-electron chi connectivity index (χ2n) is 5.23. The fourth-order valence-corrected chi connectivity index (χ4v) is 4.09. The van der Waals surface area contributed by atoms with Gasteiger partial charge in [0.1, 0.15) is 17.1 Å². The summed E-state index contributed by atoms with van der Waals surface area (Å²) in [6, 6.07) is 8.47. The zero-order chi connectivity index (χ0) is 17.3. The molecule has 0 spiro atoms. The van der Waals surface area contributed by atoms with E-state index in [4.69, 9.17) is 11.6 Å². The van der Waals surface area contributed by atoms with Gasteiger partial charge in [-0.1, -0.05) is 29.8 Å². The Morgan fingerprint density at radius 1 is 1.33 bits per heavy atom. The summed E-state index contributed by atoms with van der Waals surface area (Å²) >= 11 is 7.22. The molecule has 0 unspecified atom stereocenters. The Morgan fingerprint density at radius 3 is 2.71 bits per heavy atom. The molecule has 2 atom stereocenters. The van der Waals surface area contributed by atoms with Crippen molar-refractivity contribution in [1.29, 1.82) is 0 Å². The number of aliphatic carboxylic acids is 1. The fraction of sp³-hybridized carbons (Fsp3) is 0.267. The SMILES string of the molecule is O=C(CNc1ccccc1)N[C@H]1C(=O)N2C(C(=O)O)=C(Cl)CS[C@@H]12. The predicted molar refractivity (Wildman–Crippen MR) is 90.5 cm³/mol. The van der Waals surface area contributed by atoms with Crippen molar-refractivity contribution >= 4 is 46.8 Å². The highest BCUT2D eigenvalue weighted by Crippen LogP contribution is 2.41. The minimum atomic E-state index is -1.24. The smallest absolute Gasteiger partial charge is 0.353 e. The molecule has 24 heavy (non-hydrogen) atoms. The maximum Gasteiger partial charge on any atom is 0.353 e. The number of hydrogen-bond acceptors (Lipinski definition) is 5. The highest BCUT2D eigenvalue weighted by molar-refractivity contribution is 8.00. The molecule has 1 saturated heterocycles. The first-order valence-electron chi connectivity index (χ1n) is 7.14. The van der Waals surface area contributed by atoms with Crippen molar-refractivity contribution in [2.45, 2.75) is 11.4 Å². The summed E-state index contributed by atoms with van der Waals surface area (Å²) in [6.45, 7) is 0.0214. The van der Waals surface area contributed by atoms with Gasteiger partial charge in [0.2, 0.25) is 5.91 Å². The lowest BCUT2D eigenvalue weighted by atomic mass is 10.1. The van der Waals surface area contributed by atoms with Crippen molar-refractivity contribution in [3.05, 3.63) is 41.1 Å².